The second-order valence-corrected chi connectivity index (χ2v) is 10.7. The van der Waals surface area contributed by atoms with Crippen LogP contribution in [0.5, 0.6) is 0 Å². The number of benzene rings is 1. The van der Waals surface area contributed by atoms with Crippen LogP contribution in [0.1, 0.15) is 38.4 Å². The maximum absolute atomic E-state index is 13.8. The number of thiophene rings is 1. The summed E-state index contributed by atoms with van der Waals surface area (Å²) in [5.74, 6) is -0.319. The summed E-state index contributed by atoms with van der Waals surface area (Å²) in [7, 11) is 0. The highest BCUT2D eigenvalue weighted by molar-refractivity contribution is 7.12. The van der Waals surface area contributed by atoms with E-state index in [2.05, 4.69) is 22.4 Å². The zero-order valence-electron chi connectivity index (χ0n) is 21.4. The van der Waals surface area contributed by atoms with Gasteiger partial charge >= 0.3 is 0 Å². The van der Waals surface area contributed by atoms with Crippen LogP contribution in [0.3, 0.4) is 0 Å². The van der Waals surface area contributed by atoms with Gasteiger partial charge in [-0.15, -0.1) is 11.3 Å². The molecule has 2 unspecified atom stereocenters. The summed E-state index contributed by atoms with van der Waals surface area (Å²) in [6.07, 6.45) is 5.15. The normalized spacial score (nSPS) is 19.7. The van der Waals surface area contributed by atoms with Crippen molar-refractivity contribution in [3.63, 3.8) is 0 Å². The monoisotopic (exact) mass is 531 g/mol. The minimum absolute atomic E-state index is 0.0416. The number of likely N-dealkylation sites (tertiary alicyclic amines) is 1. The fraction of sp³-hybridized carbons (Fsp3) is 0.379. The molecule has 2 saturated heterocycles. The Kier molecular flexibility index (Phi) is 8.45. The van der Waals surface area contributed by atoms with Gasteiger partial charge in [0.1, 0.15) is 6.04 Å². The predicted molar refractivity (Wildman–Crippen MR) is 147 cm³/mol. The maximum Gasteiger partial charge on any atom is 0.264 e. The van der Waals surface area contributed by atoms with E-state index in [0.29, 0.717) is 49.5 Å². The third-order valence-corrected chi connectivity index (χ3v) is 8.16. The largest absolute Gasteiger partial charge is 0.340 e. The molecular formula is C29H33N5O3S. The summed E-state index contributed by atoms with van der Waals surface area (Å²) < 4.78 is 0. The maximum atomic E-state index is 13.8. The number of aromatic nitrogens is 1. The van der Waals surface area contributed by atoms with E-state index in [1.807, 2.05) is 45.5 Å². The molecule has 2 aliphatic heterocycles. The average Bonchev–Trinajstić information content (AvgIpc) is 3.58. The van der Waals surface area contributed by atoms with E-state index >= 15 is 0 Å². The van der Waals surface area contributed by atoms with E-state index in [0.717, 1.165) is 25.1 Å². The van der Waals surface area contributed by atoms with Crippen LogP contribution in [0.4, 0.5) is 0 Å². The van der Waals surface area contributed by atoms with Gasteiger partial charge in [-0.3, -0.25) is 19.4 Å². The molecule has 0 saturated carbocycles. The predicted octanol–water partition coefficient (Wildman–Crippen LogP) is 2.93. The molecule has 1 N–H and O–H groups in total. The van der Waals surface area contributed by atoms with Crippen LogP contribution in [0.2, 0.25) is 0 Å². The molecule has 5 rings (SSSR count). The van der Waals surface area contributed by atoms with E-state index in [1.54, 1.807) is 23.2 Å². The van der Waals surface area contributed by atoms with Gasteiger partial charge in [-0.05, 0) is 54.9 Å². The average molecular weight is 532 g/mol. The number of nitrogens with zero attached hydrogens (tertiary/aromatic N) is 4. The van der Waals surface area contributed by atoms with Gasteiger partial charge in [0.15, 0.2) is 0 Å². The molecule has 4 heterocycles. The van der Waals surface area contributed by atoms with Crippen LogP contribution in [-0.4, -0.2) is 88.8 Å². The van der Waals surface area contributed by atoms with Gasteiger partial charge < -0.3 is 20.0 Å². The van der Waals surface area contributed by atoms with Gasteiger partial charge in [-0.1, -0.05) is 36.4 Å². The molecule has 0 radical (unpaired) electrons. The van der Waals surface area contributed by atoms with E-state index in [-0.39, 0.29) is 23.8 Å². The lowest BCUT2D eigenvalue weighted by atomic mass is 10.1. The minimum atomic E-state index is -0.624. The van der Waals surface area contributed by atoms with Gasteiger partial charge in [0, 0.05) is 45.1 Å². The number of hydrogen-bond acceptors (Lipinski definition) is 6. The molecule has 3 amide bonds. The number of amides is 3. The van der Waals surface area contributed by atoms with Crippen molar-refractivity contribution in [1.29, 1.82) is 0 Å². The first-order chi connectivity index (χ1) is 18.6. The number of nitrogens with one attached hydrogen (secondary N) is 1. The molecular weight excluding hydrogens is 498 g/mol. The van der Waals surface area contributed by atoms with Crippen LogP contribution < -0.4 is 5.32 Å². The molecule has 2 fully saturated rings. The summed E-state index contributed by atoms with van der Waals surface area (Å²) in [6.45, 7) is 3.70. The highest BCUT2D eigenvalue weighted by Gasteiger charge is 2.44. The van der Waals surface area contributed by atoms with Crippen molar-refractivity contribution in [3.8, 4) is 0 Å². The zero-order chi connectivity index (χ0) is 26.3. The number of pyridine rings is 1. The number of carbonyl (C=O) groups excluding carboxylic acids is 3. The van der Waals surface area contributed by atoms with Gasteiger partial charge in [0.2, 0.25) is 5.91 Å². The molecule has 1 aromatic carbocycles. The van der Waals surface area contributed by atoms with Gasteiger partial charge in [0.05, 0.1) is 16.5 Å². The smallest absolute Gasteiger partial charge is 0.264 e. The van der Waals surface area contributed by atoms with Crippen LogP contribution in [0, 0.1) is 0 Å². The van der Waals surface area contributed by atoms with E-state index in [4.69, 9.17) is 0 Å². The molecule has 3 aromatic rings. The Hall–Kier alpha value is -3.56. The van der Waals surface area contributed by atoms with Crippen molar-refractivity contribution in [2.75, 3.05) is 39.3 Å². The molecule has 2 atom stereocenters. The quantitative estimate of drug-likeness (QED) is 0.507. The molecule has 0 bridgehead atoms. The second-order valence-electron chi connectivity index (χ2n) is 9.74. The Bertz CT molecular complexity index is 1210. The van der Waals surface area contributed by atoms with Crippen molar-refractivity contribution in [2.45, 2.75) is 31.3 Å². The molecule has 2 aliphatic rings. The van der Waals surface area contributed by atoms with Gasteiger partial charge in [0.25, 0.3) is 11.8 Å². The van der Waals surface area contributed by atoms with Crippen molar-refractivity contribution in [3.05, 3.63) is 88.4 Å². The standard InChI is InChI=1S/C29H33N5O3S/c35-27(23-9-4-12-31-20-23)34-21-24(19-25(34)28(36)32-15-6-13-30-14-17-32)33(29(37)26-10-5-18-38-26)16-11-22-7-2-1-3-8-22/h1-5,7-10,12,18,20,24-25,30H,6,11,13-17,19,21H2. The first-order valence-electron chi connectivity index (χ1n) is 13.2. The first kappa shape index (κ1) is 26.1. The molecule has 38 heavy (non-hydrogen) atoms. The van der Waals surface area contributed by atoms with E-state index in [1.165, 1.54) is 17.5 Å². The Balaban J connectivity index is 1.43. The van der Waals surface area contributed by atoms with Crippen LogP contribution >= 0.6 is 11.3 Å². The Morgan fingerprint density at radius 3 is 2.66 bits per heavy atom. The van der Waals surface area contributed by atoms with Crippen LogP contribution in [-0.2, 0) is 11.2 Å². The molecule has 9 heteroatoms. The van der Waals surface area contributed by atoms with E-state index < -0.39 is 6.04 Å². The number of hydrogen-bond donors (Lipinski definition) is 1. The van der Waals surface area contributed by atoms with Gasteiger partial charge in [-0.2, -0.15) is 0 Å². The summed E-state index contributed by atoms with van der Waals surface area (Å²) in [4.78, 5) is 51.4. The topological polar surface area (TPSA) is 85.9 Å². The van der Waals surface area contributed by atoms with Crippen LogP contribution in [0.15, 0.2) is 72.4 Å². The van der Waals surface area contributed by atoms with Crippen molar-refractivity contribution >= 4 is 29.1 Å². The van der Waals surface area contributed by atoms with Crippen molar-refractivity contribution in [1.82, 2.24) is 25.0 Å². The first-order valence-corrected chi connectivity index (χ1v) is 14.1. The van der Waals surface area contributed by atoms with Crippen molar-refractivity contribution in [2.24, 2.45) is 0 Å². The summed E-state index contributed by atoms with van der Waals surface area (Å²) in [5, 5.41) is 5.24. The van der Waals surface area contributed by atoms with E-state index in [9.17, 15) is 14.4 Å². The Morgan fingerprint density at radius 1 is 1.03 bits per heavy atom. The summed E-state index contributed by atoms with van der Waals surface area (Å²) >= 11 is 1.41. The third kappa shape index (κ3) is 5.95. The number of rotatable bonds is 7. The molecule has 198 valence electrons. The summed E-state index contributed by atoms with van der Waals surface area (Å²) in [6, 6.07) is 16.4. The van der Waals surface area contributed by atoms with Crippen molar-refractivity contribution < 1.29 is 14.4 Å². The lowest BCUT2D eigenvalue weighted by Gasteiger charge is -2.29. The lowest BCUT2D eigenvalue weighted by molar-refractivity contribution is -0.135. The molecule has 0 aliphatic carbocycles. The van der Waals surface area contributed by atoms with Gasteiger partial charge in [-0.25, -0.2) is 0 Å². The molecule has 8 nitrogen and oxygen atoms in total. The Morgan fingerprint density at radius 2 is 1.89 bits per heavy atom. The zero-order valence-corrected chi connectivity index (χ0v) is 22.2. The SMILES string of the molecule is O=C(C1CC(N(CCc2ccccc2)C(=O)c2cccs2)CN1C(=O)c1cccnc1)N1CCCNCC1. The second kappa shape index (κ2) is 12.3. The Labute approximate surface area is 227 Å². The number of carbonyl (C=O) groups is 3. The summed E-state index contributed by atoms with van der Waals surface area (Å²) in [5.41, 5.74) is 1.59. The van der Waals surface area contributed by atoms with Crippen LogP contribution in [0.25, 0.3) is 0 Å². The molecule has 2 aromatic heterocycles. The highest BCUT2D eigenvalue weighted by Crippen LogP contribution is 2.28. The molecule has 0 spiro atoms. The fourth-order valence-electron chi connectivity index (χ4n) is 5.32. The fourth-order valence-corrected chi connectivity index (χ4v) is 6.00. The lowest BCUT2D eigenvalue weighted by Crippen LogP contribution is -2.48. The minimum Gasteiger partial charge on any atom is -0.340 e. The third-order valence-electron chi connectivity index (χ3n) is 7.30. The highest BCUT2D eigenvalue weighted by atomic mass is 32.1.